The fraction of sp³-hybridized carbons (Fsp3) is 0.333. The summed E-state index contributed by atoms with van der Waals surface area (Å²) in [6.45, 7) is 3.28. The Morgan fingerprint density at radius 3 is 2.36 bits per heavy atom. The molecule has 3 rings (SSSR count). The van der Waals surface area contributed by atoms with Gasteiger partial charge in [0, 0.05) is 44.0 Å². The van der Waals surface area contributed by atoms with Crippen LogP contribution in [0.15, 0.2) is 35.3 Å². The van der Waals surface area contributed by atoms with E-state index in [0.29, 0.717) is 6.67 Å². The van der Waals surface area contributed by atoms with Crippen LogP contribution in [-0.2, 0) is 6.67 Å². The Hall–Kier alpha value is -2.16. The van der Waals surface area contributed by atoms with Crippen LogP contribution in [0.3, 0.4) is 0 Å². The Kier molecular flexibility index (Phi) is 5.22. The van der Waals surface area contributed by atoms with Crippen molar-refractivity contribution in [1.82, 2.24) is 14.7 Å². The van der Waals surface area contributed by atoms with Crippen LogP contribution in [0.5, 0.6) is 0 Å². The van der Waals surface area contributed by atoms with Crippen LogP contribution in [0.4, 0.5) is 11.4 Å². The van der Waals surface area contributed by atoms with Gasteiger partial charge in [0.1, 0.15) is 5.02 Å². The van der Waals surface area contributed by atoms with Crippen LogP contribution in [0.25, 0.3) is 0 Å². The minimum atomic E-state index is -0.413. The molecule has 0 saturated carbocycles. The summed E-state index contributed by atoms with van der Waals surface area (Å²) in [5, 5.41) is 14.8. The first-order valence-corrected chi connectivity index (χ1v) is 8.34. The molecule has 10 heteroatoms. The van der Waals surface area contributed by atoms with Gasteiger partial charge < -0.3 is 4.90 Å². The van der Waals surface area contributed by atoms with Gasteiger partial charge >= 0.3 is 0 Å². The normalized spacial score (nSPS) is 15.4. The average molecular weight is 384 g/mol. The van der Waals surface area contributed by atoms with Crippen LogP contribution >= 0.6 is 23.2 Å². The standard InChI is InChI=1S/C15H15Cl2N5O3/c16-13-9-18-21(15(23)14(13)17)10-19-5-7-20(8-6-19)11-1-3-12(4-2-11)22(24)25/h1-4,9H,5-8,10H2. The molecule has 2 aromatic rings. The highest BCUT2D eigenvalue weighted by atomic mass is 35.5. The molecular weight excluding hydrogens is 369 g/mol. The highest BCUT2D eigenvalue weighted by Crippen LogP contribution is 2.21. The lowest BCUT2D eigenvalue weighted by atomic mass is 10.2. The molecule has 0 radical (unpaired) electrons. The SMILES string of the molecule is O=c1c(Cl)c(Cl)cnn1CN1CCN(c2ccc([N+](=O)[O-])cc2)CC1. The van der Waals surface area contributed by atoms with E-state index >= 15 is 0 Å². The van der Waals surface area contributed by atoms with Gasteiger partial charge in [0.15, 0.2) is 0 Å². The zero-order valence-corrected chi connectivity index (χ0v) is 14.7. The molecule has 0 atom stereocenters. The van der Waals surface area contributed by atoms with E-state index < -0.39 is 10.5 Å². The lowest BCUT2D eigenvalue weighted by Gasteiger charge is -2.35. The smallest absolute Gasteiger partial charge is 0.288 e. The summed E-state index contributed by atoms with van der Waals surface area (Å²) in [5.74, 6) is 0. The first-order chi connectivity index (χ1) is 12.0. The summed E-state index contributed by atoms with van der Waals surface area (Å²) < 4.78 is 1.29. The Labute approximate surface area is 153 Å². The molecule has 1 aliphatic rings. The number of hydrogen-bond donors (Lipinski definition) is 0. The summed E-state index contributed by atoms with van der Waals surface area (Å²) >= 11 is 11.6. The number of rotatable bonds is 4. The molecule has 1 saturated heterocycles. The van der Waals surface area contributed by atoms with Crippen molar-refractivity contribution in [3.8, 4) is 0 Å². The predicted molar refractivity (Wildman–Crippen MR) is 95.4 cm³/mol. The number of nitro groups is 1. The summed E-state index contributed by atoms with van der Waals surface area (Å²) in [4.78, 5) is 26.6. The molecule has 1 fully saturated rings. The zero-order chi connectivity index (χ0) is 18.0. The summed E-state index contributed by atoms with van der Waals surface area (Å²) in [7, 11) is 0. The van der Waals surface area contributed by atoms with Crippen molar-refractivity contribution in [1.29, 1.82) is 0 Å². The van der Waals surface area contributed by atoms with E-state index in [-0.39, 0.29) is 15.7 Å². The number of piperazine rings is 1. The predicted octanol–water partition coefficient (Wildman–Crippen LogP) is 2.24. The molecule has 1 aliphatic heterocycles. The van der Waals surface area contributed by atoms with Gasteiger partial charge in [0.05, 0.1) is 22.8 Å². The molecule has 0 bridgehead atoms. The largest absolute Gasteiger partial charge is 0.369 e. The Balaban J connectivity index is 1.61. The second-order valence-electron chi connectivity index (χ2n) is 5.63. The molecule has 2 heterocycles. The van der Waals surface area contributed by atoms with E-state index in [1.165, 1.54) is 23.0 Å². The Morgan fingerprint density at radius 1 is 1.12 bits per heavy atom. The summed E-state index contributed by atoms with van der Waals surface area (Å²) in [6.07, 6.45) is 1.36. The first kappa shape index (κ1) is 17.7. The molecule has 0 unspecified atom stereocenters. The second kappa shape index (κ2) is 7.38. The maximum Gasteiger partial charge on any atom is 0.288 e. The van der Waals surface area contributed by atoms with Crippen molar-refractivity contribution in [2.45, 2.75) is 6.67 Å². The lowest BCUT2D eigenvalue weighted by molar-refractivity contribution is -0.384. The van der Waals surface area contributed by atoms with Crippen molar-refractivity contribution >= 4 is 34.6 Å². The van der Waals surface area contributed by atoms with E-state index in [1.54, 1.807) is 12.1 Å². The van der Waals surface area contributed by atoms with Crippen molar-refractivity contribution in [2.24, 2.45) is 0 Å². The third-order valence-electron chi connectivity index (χ3n) is 4.07. The molecule has 8 nitrogen and oxygen atoms in total. The topological polar surface area (TPSA) is 84.5 Å². The monoisotopic (exact) mass is 383 g/mol. The van der Waals surface area contributed by atoms with Gasteiger partial charge in [0.25, 0.3) is 11.2 Å². The molecule has 1 aromatic carbocycles. The van der Waals surface area contributed by atoms with Crippen LogP contribution in [-0.4, -0.2) is 45.8 Å². The first-order valence-electron chi connectivity index (χ1n) is 7.58. The van der Waals surface area contributed by atoms with E-state index in [4.69, 9.17) is 23.2 Å². The Bertz CT molecular complexity index is 832. The van der Waals surface area contributed by atoms with Gasteiger partial charge in [-0.1, -0.05) is 23.2 Å². The maximum atomic E-state index is 12.0. The molecular formula is C15H15Cl2N5O3. The van der Waals surface area contributed by atoms with Crippen molar-refractivity contribution < 1.29 is 4.92 Å². The summed E-state index contributed by atoms with van der Waals surface area (Å²) in [5.41, 5.74) is 0.606. The van der Waals surface area contributed by atoms with Gasteiger partial charge in [-0.15, -0.1) is 0 Å². The molecule has 132 valence electrons. The summed E-state index contributed by atoms with van der Waals surface area (Å²) in [6, 6.07) is 6.50. The van der Waals surface area contributed by atoms with Crippen molar-refractivity contribution in [3.05, 3.63) is 61.0 Å². The van der Waals surface area contributed by atoms with Crippen molar-refractivity contribution in [2.75, 3.05) is 31.1 Å². The molecule has 0 amide bonds. The van der Waals surface area contributed by atoms with Gasteiger partial charge in [-0.3, -0.25) is 19.8 Å². The number of nitro benzene ring substituents is 1. The molecule has 0 N–H and O–H groups in total. The second-order valence-corrected chi connectivity index (χ2v) is 6.42. The number of aromatic nitrogens is 2. The van der Waals surface area contributed by atoms with Gasteiger partial charge in [0.2, 0.25) is 0 Å². The van der Waals surface area contributed by atoms with Crippen LogP contribution < -0.4 is 10.5 Å². The average Bonchev–Trinajstić information content (AvgIpc) is 2.63. The van der Waals surface area contributed by atoms with E-state index in [0.717, 1.165) is 31.9 Å². The highest BCUT2D eigenvalue weighted by Gasteiger charge is 2.19. The van der Waals surface area contributed by atoms with Crippen LogP contribution in [0.1, 0.15) is 0 Å². The fourth-order valence-corrected chi connectivity index (χ4v) is 2.94. The van der Waals surface area contributed by atoms with Gasteiger partial charge in [-0.25, -0.2) is 4.68 Å². The Morgan fingerprint density at radius 2 is 1.76 bits per heavy atom. The quantitative estimate of drug-likeness (QED) is 0.594. The molecule has 0 spiro atoms. The number of anilines is 1. The van der Waals surface area contributed by atoms with Crippen LogP contribution in [0, 0.1) is 10.1 Å². The molecule has 0 aliphatic carbocycles. The maximum absolute atomic E-state index is 12.0. The van der Waals surface area contributed by atoms with E-state index in [9.17, 15) is 14.9 Å². The fourth-order valence-electron chi connectivity index (χ4n) is 2.67. The van der Waals surface area contributed by atoms with Gasteiger partial charge in [-0.05, 0) is 12.1 Å². The zero-order valence-electron chi connectivity index (χ0n) is 13.1. The minimum Gasteiger partial charge on any atom is -0.369 e. The number of benzene rings is 1. The van der Waals surface area contributed by atoms with Crippen molar-refractivity contribution in [3.63, 3.8) is 0 Å². The number of halogens is 2. The number of hydrogen-bond acceptors (Lipinski definition) is 6. The van der Waals surface area contributed by atoms with E-state index in [2.05, 4.69) is 14.9 Å². The third-order valence-corrected chi connectivity index (χ3v) is 4.82. The van der Waals surface area contributed by atoms with Gasteiger partial charge in [-0.2, -0.15) is 5.10 Å². The number of nitrogens with zero attached hydrogens (tertiary/aromatic N) is 5. The third kappa shape index (κ3) is 3.92. The lowest BCUT2D eigenvalue weighted by Crippen LogP contribution is -2.48. The molecule has 1 aromatic heterocycles. The highest BCUT2D eigenvalue weighted by molar-refractivity contribution is 6.41. The van der Waals surface area contributed by atoms with E-state index in [1.807, 2.05) is 0 Å². The van der Waals surface area contributed by atoms with Crippen LogP contribution in [0.2, 0.25) is 10.0 Å². The minimum absolute atomic E-state index is 0.0267. The molecule has 25 heavy (non-hydrogen) atoms. The number of non-ortho nitro benzene ring substituents is 1.